The van der Waals surface area contributed by atoms with Crippen molar-refractivity contribution >= 4 is 23.5 Å². The zero-order valence-corrected chi connectivity index (χ0v) is 20.9. The number of anilines is 1. The smallest absolute Gasteiger partial charge is 0.337 e. The van der Waals surface area contributed by atoms with E-state index in [0.29, 0.717) is 38.6 Å². The molecule has 1 saturated heterocycles. The number of nitrogens with zero attached hydrogens (tertiary/aromatic N) is 1. The second-order valence-corrected chi connectivity index (χ2v) is 9.89. The van der Waals surface area contributed by atoms with Gasteiger partial charge >= 0.3 is 5.97 Å². The van der Waals surface area contributed by atoms with Crippen molar-refractivity contribution in [3.05, 3.63) is 65.5 Å². The van der Waals surface area contributed by atoms with E-state index < -0.39 is 36.5 Å². The summed E-state index contributed by atoms with van der Waals surface area (Å²) in [5.74, 6) is -2.51. The Hall–Kier alpha value is -3.33. The Morgan fingerprint density at radius 2 is 1.78 bits per heavy atom. The lowest BCUT2D eigenvalue weighted by Crippen LogP contribution is -2.48. The van der Waals surface area contributed by atoms with Crippen molar-refractivity contribution in [2.75, 3.05) is 25.6 Å². The molecule has 3 N–H and O–H groups in total. The van der Waals surface area contributed by atoms with E-state index in [9.17, 15) is 23.2 Å². The van der Waals surface area contributed by atoms with Gasteiger partial charge in [-0.25, -0.2) is 13.6 Å². The molecule has 1 saturated carbocycles. The summed E-state index contributed by atoms with van der Waals surface area (Å²) in [7, 11) is 1.20. The standard InChI is InChI=1S/C28H33F2N3O4/c1-37-28(36)20-11-12-24(22(30)15-20)32-26(34)25-21(17-5-3-2-4-6-17)13-14-33(25)27(35)19-9-7-18(8-10-19)23(31)16-29/h2-6,11-12,15,18-19,21,23,25H,7-10,13-14,16,31H2,1H3,(H,32,34)/t18-,19-,21-,23?,25+/m1/s1. The maximum Gasteiger partial charge on any atom is 0.337 e. The van der Waals surface area contributed by atoms with Gasteiger partial charge in [-0.2, -0.15) is 0 Å². The number of nitrogens with one attached hydrogen (secondary N) is 1. The van der Waals surface area contributed by atoms with Gasteiger partial charge < -0.3 is 20.7 Å². The van der Waals surface area contributed by atoms with Crippen LogP contribution in [-0.2, 0) is 14.3 Å². The summed E-state index contributed by atoms with van der Waals surface area (Å²) < 4.78 is 32.4. The molecule has 1 aliphatic carbocycles. The molecule has 3 atom stereocenters. The van der Waals surface area contributed by atoms with Gasteiger partial charge in [0.15, 0.2) is 0 Å². The first-order valence-corrected chi connectivity index (χ1v) is 12.7. The van der Waals surface area contributed by atoms with Crippen molar-refractivity contribution in [1.29, 1.82) is 0 Å². The molecule has 0 radical (unpaired) electrons. The Balaban J connectivity index is 1.55. The normalized spacial score (nSPS) is 24.4. The number of alkyl halides is 1. The largest absolute Gasteiger partial charge is 0.465 e. The highest BCUT2D eigenvalue weighted by atomic mass is 19.1. The molecule has 4 rings (SSSR count). The van der Waals surface area contributed by atoms with E-state index in [1.807, 2.05) is 30.3 Å². The Morgan fingerprint density at radius 3 is 2.41 bits per heavy atom. The van der Waals surface area contributed by atoms with Crippen LogP contribution in [0.5, 0.6) is 0 Å². The quantitative estimate of drug-likeness (QED) is 0.544. The number of benzene rings is 2. The van der Waals surface area contributed by atoms with Gasteiger partial charge in [-0.05, 0) is 61.8 Å². The average molecular weight is 514 g/mol. The molecule has 0 bridgehead atoms. The van der Waals surface area contributed by atoms with Crippen molar-refractivity contribution in [3.63, 3.8) is 0 Å². The van der Waals surface area contributed by atoms with Crippen LogP contribution in [0.2, 0.25) is 0 Å². The number of hydrogen-bond donors (Lipinski definition) is 2. The molecule has 9 heteroatoms. The fourth-order valence-electron chi connectivity index (χ4n) is 5.64. The lowest BCUT2D eigenvalue weighted by Gasteiger charge is -2.35. The third-order valence-corrected chi connectivity index (χ3v) is 7.73. The number of halogens is 2. The van der Waals surface area contributed by atoms with Crippen molar-refractivity contribution in [3.8, 4) is 0 Å². The molecular formula is C28H33F2N3O4. The highest BCUT2D eigenvalue weighted by molar-refractivity contribution is 5.99. The van der Waals surface area contributed by atoms with E-state index in [4.69, 9.17) is 5.73 Å². The highest BCUT2D eigenvalue weighted by Gasteiger charge is 2.45. The van der Waals surface area contributed by atoms with Crippen LogP contribution >= 0.6 is 0 Å². The fraction of sp³-hybridized carbons (Fsp3) is 0.464. The molecule has 1 aliphatic heterocycles. The SMILES string of the molecule is COC(=O)c1ccc(NC(=O)[C@@H]2[C@@H](c3ccccc3)CCN2C(=O)[C@H]2CC[C@H](C(N)CF)CC2)c(F)c1. The Kier molecular flexibility index (Phi) is 8.53. The predicted molar refractivity (Wildman–Crippen MR) is 135 cm³/mol. The summed E-state index contributed by atoms with van der Waals surface area (Å²) >= 11 is 0. The van der Waals surface area contributed by atoms with E-state index in [1.54, 1.807) is 4.90 Å². The number of ether oxygens (including phenoxy) is 1. The number of likely N-dealkylation sites (tertiary alicyclic amines) is 1. The maximum absolute atomic E-state index is 14.8. The first-order valence-electron chi connectivity index (χ1n) is 12.7. The highest BCUT2D eigenvalue weighted by Crippen LogP contribution is 2.38. The average Bonchev–Trinajstić information content (AvgIpc) is 3.39. The molecule has 37 heavy (non-hydrogen) atoms. The third kappa shape index (κ3) is 5.82. The van der Waals surface area contributed by atoms with Gasteiger partial charge in [-0.3, -0.25) is 9.59 Å². The first-order chi connectivity index (χ1) is 17.8. The van der Waals surface area contributed by atoms with Gasteiger partial charge in [0, 0.05) is 24.4 Å². The van der Waals surface area contributed by atoms with E-state index in [2.05, 4.69) is 10.1 Å². The summed E-state index contributed by atoms with van der Waals surface area (Å²) in [5.41, 5.74) is 6.75. The molecule has 1 heterocycles. The molecule has 198 valence electrons. The molecule has 2 aromatic rings. The minimum Gasteiger partial charge on any atom is -0.465 e. The maximum atomic E-state index is 14.8. The van der Waals surface area contributed by atoms with Gasteiger partial charge in [-0.15, -0.1) is 0 Å². The van der Waals surface area contributed by atoms with Crippen molar-refractivity contribution < 1.29 is 27.9 Å². The van der Waals surface area contributed by atoms with E-state index in [0.717, 1.165) is 11.6 Å². The molecule has 7 nitrogen and oxygen atoms in total. The number of hydrogen-bond acceptors (Lipinski definition) is 5. The monoisotopic (exact) mass is 513 g/mol. The summed E-state index contributed by atoms with van der Waals surface area (Å²) in [4.78, 5) is 40.5. The number of methoxy groups -OCH3 is 1. The van der Waals surface area contributed by atoms with E-state index in [-0.39, 0.29) is 34.9 Å². The van der Waals surface area contributed by atoms with Crippen LogP contribution in [-0.4, -0.2) is 55.1 Å². The molecule has 2 fully saturated rings. The minimum atomic E-state index is -0.819. The molecule has 0 aromatic heterocycles. The van der Waals surface area contributed by atoms with Gasteiger partial charge in [-0.1, -0.05) is 30.3 Å². The minimum absolute atomic E-state index is 0.0286. The van der Waals surface area contributed by atoms with Crippen LogP contribution in [0.15, 0.2) is 48.5 Å². The van der Waals surface area contributed by atoms with Crippen LogP contribution < -0.4 is 11.1 Å². The fourth-order valence-corrected chi connectivity index (χ4v) is 5.64. The first kappa shape index (κ1) is 26.7. The van der Waals surface area contributed by atoms with Gasteiger partial charge in [0.05, 0.1) is 18.4 Å². The number of esters is 1. The zero-order valence-electron chi connectivity index (χ0n) is 20.9. The van der Waals surface area contributed by atoms with Crippen LogP contribution in [0.1, 0.15) is 53.9 Å². The number of carbonyl (C=O) groups excluding carboxylic acids is 3. The van der Waals surface area contributed by atoms with Gasteiger partial charge in [0.25, 0.3) is 0 Å². The molecule has 2 aromatic carbocycles. The predicted octanol–water partition coefficient (Wildman–Crippen LogP) is 4.04. The Labute approximate surface area is 215 Å². The Bertz CT molecular complexity index is 1120. The van der Waals surface area contributed by atoms with Crippen molar-refractivity contribution in [1.82, 2.24) is 4.90 Å². The summed E-state index contributed by atoms with van der Waals surface area (Å²) in [6.45, 7) is -0.169. The summed E-state index contributed by atoms with van der Waals surface area (Å²) in [6, 6.07) is 11.9. The number of nitrogens with two attached hydrogens (primary N) is 1. The van der Waals surface area contributed by atoms with Crippen LogP contribution in [0.4, 0.5) is 14.5 Å². The van der Waals surface area contributed by atoms with Crippen molar-refractivity contribution in [2.45, 2.75) is 50.1 Å². The molecule has 2 amide bonds. The van der Waals surface area contributed by atoms with Crippen molar-refractivity contribution in [2.24, 2.45) is 17.6 Å². The van der Waals surface area contributed by atoms with Crippen LogP contribution in [0.25, 0.3) is 0 Å². The topological polar surface area (TPSA) is 102 Å². The van der Waals surface area contributed by atoms with Gasteiger partial charge in [0.2, 0.25) is 11.8 Å². The molecule has 2 aliphatic rings. The molecular weight excluding hydrogens is 480 g/mol. The van der Waals surface area contributed by atoms with Gasteiger partial charge in [0.1, 0.15) is 18.5 Å². The number of carbonyl (C=O) groups is 3. The third-order valence-electron chi connectivity index (χ3n) is 7.73. The number of rotatable bonds is 7. The second-order valence-electron chi connectivity index (χ2n) is 9.89. The Morgan fingerprint density at radius 1 is 1.08 bits per heavy atom. The lowest BCUT2D eigenvalue weighted by molar-refractivity contribution is -0.141. The summed E-state index contributed by atoms with van der Waals surface area (Å²) in [5, 5.41) is 2.64. The van der Waals surface area contributed by atoms with E-state index in [1.165, 1.54) is 19.2 Å². The lowest BCUT2D eigenvalue weighted by atomic mass is 9.78. The molecule has 1 unspecified atom stereocenters. The second kappa shape index (κ2) is 11.8. The van der Waals surface area contributed by atoms with E-state index >= 15 is 0 Å². The zero-order chi connectivity index (χ0) is 26.5. The summed E-state index contributed by atoms with van der Waals surface area (Å²) in [6.07, 6.45) is 3.14. The molecule has 0 spiro atoms. The number of amides is 2. The van der Waals surface area contributed by atoms with Crippen LogP contribution in [0, 0.1) is 17.7 Å². The van der Waals surface area contributed by atoms with Crippen LogP contribution in [0.3, 0.4) is 0 Å².